The van der Waals surface area contributed by atoms with Crippen molar-refractivity contribution >= 4 is 17.5 Å². The van der Waals surface area contributed by atoms with Gasteiger partial charge in [0.15, 0.2) is 17.3 Å². The summed E-state index contributed by atoms with van der Waals surface area (Å²) in [4.78, 5) is 26.7. The summed E-state index contributed by atoms with van der Waals surface area (Å²) in [5.74, 6) is 0.985. The number of hydrogen-bond donors (Lipinski definition) is 2. The van der Waals surface area contributed by atoms with E-state index in [1.807, 2.05) is 30.2 Å². The molecular formula is C34H40N8O4. The van der Waals surface area contributed by atoms with Gasteiger partial charge in [-0.25, -0.2) is 4.98 Å². The fourth-order valence-corrected chi connectivity index (χ4v) is 6.37. The molecule has 2 aromatic heterocycles. The van der Waals surface area contributed by atoms with Crippen LogP contribution >= 0.6 is 0 Å². The van der Waals surface area contributed by atoms with E-state index >= 15 is 0 Å². The number of methoxy groups -OCH3 is 2. The number of anilines is 2. The average molecular weight is 625 g/mol. The van der Waals surface area contributed by atoms with E-state index in [2.05, 4.69) is 44.0 Å². The molecule has 0 bridgehead atoms. The number of ether oxygens (including phenoxy) is 3. The number of hydrogen-bond acceptors (Lipinski definition) is 11. The Labute approximate surface area is 268 Å². The summed E-state index contributed by atoms with van der Waals surface area (Å²) in [7, 11) is 5.06. The fraction of sp³-hybridized carbons (Fsp3) is 0.353. The Bertz CT molecular complexity index is 1750. The van der Waals surface area contributed by atoms with Gasteiger partial charge in [0.25, 0.3) is 0 Å². The van der Waals surface area contributed by atoms with Crippen LogP contribution in [-0.2, 0) is 31.2 Å². The molecule has 0 spiro atoms. The topological polar surface area (TPSA) is 147 Å². The number of nitrogens with zero attached hydrogens (tertiary/aromatic N) is 6. The molecule has 1 atom stereocenters. The zero-order chi connectivity index (χ0) is 32.2. The van der Waals surface area contributed by atoms with E-state index in [1.165, 1.54) is 23.8 Å². The maximum atomic E-state index is 13.9. The molecule has 240 valence electrons. The van der Waals surface area contributed by atoms with Crippen LogP contribution in [-0.4, -0.2) is 82.4 Å². The van der Waals surface area contributed by atoms with Crippen LogP contribution in [0.25, 0.3) is 0 Å². The fourth-order valence-electron chi connectivity index (χ4n) is 6.37. The Balaban J connectivity index is 1.33. The molecule has 12 heteroatoms. The lowest BCUT2D eigenvalue weighted by molar-refractivity contribution is 0.0339. The van der Waals surface area contributed by atoms with E-state index in [0.29, 0.717) is 29.0 Å². The first-order valence-corrected chi connectivity index (χ1v) is 15.3. The van der Waals surface area contributed by atoms with Gasteiger partial charge in [-0.05, 0) is 35.2 Å². The number of rotatable bonds is 10. The van der Waals surface area contributed by atoms with Crippen LogP contribution in [0.5, 0.6) is 11.5 Å². The molecular weight excluding hydrogens is 584 g/mol. The van der Waals surface area contributed by atoms with Crippen LogP contribution < -0.4 is 20.9 Å². The third-order valence-corrected chi connectivity index (χ3v) is 8.67. The van der Waals surface area contributed by atoms with Gasteiger partial charge >= 0.3 is 0 Å². The van der Waals surface area contributed by atoms with E-state index in [1.54, 1.807) is 25.4 Å². The summed E-state index contributed by atoms with van der Waals surface area (Å²) in [6.45, 7) is 4.76. The quantitative estimate of drug-likeness (QED) is 0.198. The van der Waals surface area contributed by atoms with Gasteiger partial charge in [0.05, 0.1) is 50.9 Å². The number of ketones is 1. The Morgan fingerprint density at radius 2 is 1.87 bits per heavy atom. The average Bonchev–Trinajstić information content (AvgIpc) is 3.43. The smallest absolute Gasteiger partial charge is 0.221 e. The minimum Gasteiger partial charge on any atom is -0.493 e. The molecule has 2 aliphatic heterocycles. The van der Waals surface area contributed by atoms with Crippen molar-refractivity contribution in [1.29, 1.82) is 0 Å². The highest BCUT2D eigenvalue weighted by Crippen LogP contribution is 2.38. The van der Waals surface area contributed by atoms with Gasteiger partial charge in [0, 0.05) is 69.2 Å². The lowest BCUT2D eigenvalue weighted by Crippen LogP contribution is -2.37. The molecule has 12 nitrogen and oxygen atoms in total. The molecule has 4 N–H and O–H groups in total. The highest BCUT2D eigenvalue weighted by Gasteiger charge is 2.32. The first-order valence-electron chi connectivity index (χ1n) is 15.3. The van der Waals surface area contributed by atoms with E-state index < -0.39 is 0 Å². The molecule has 4 heterocycles. The van der Waals surface area contributed by atoms with Gasteiger partial charge in [0.2, 0.25) is 5.95 Å². The maximum absolute atomic E-state index is 13.9. The Hall–Kier alpha value is -4.94. The molecule has 46 heavy (non-hydrogen) atoms. The number of aryl methyl sites for hydroxylation is 1. The standard InChI is InChI=1S/C34H40N8O4/c1-40-30(25(20-38-40)21-41-12-14-46-15-13-41)31-26-7-5-4-6-23(26)8-10-42(31)11-9-28(43)27-17-22(18-29(44-2)32(27)45-3)16-24-19-37-34(36)39-33(24)35/h4-7,9,11,17-20,31H,8,10,12-16,21H2,1-3H3,(H4,35,36,37,39). The van der Waals surface area contributed by atoms with Gasteiger partial charge < -0.3 is 30.6 Å². The number of carbonyl (C=O) groups excluding carboxylic acids is 1. The number of allylic oxidation sites excluding steroid dienone is 1. The summed E-state index contributed by atoms with van der Waals surface area (Å²) in [6.07, 6.45) is 8.32. The Morgan fingerprint density at radius 3 is 2.63 bits per heavy atom. The third-order valence-electron chi connectivity index (χ3n) is 8.67. The number of nitrogens with two attached hydrogens (primary N) is 2. The van der Waals surface area contributed by atoms with Crippen molar-refractivity contribution in [2.75, 3.05) is 58.5 Å². The number of carbonyl (C=O) groups is 1. The number of morpholine rings is 1. The predicted molar refractivity (Wildman–Crippen MR) is 175 cm³/mol. The summed E-state index contributed by atoms with van der Waals surface area (Å²) < 4.78 is 18.8. The van der Waals surface area contributed by atoms with Crippen LogP contribution in [0.4, 0.5) is 11.8 Å². The Morgan fingerprint density at radius 1 is 1.07 bits per heavy atom. The molecule has 0 aliphatic carbocycles. The zero-order valence-corrected chi connectivity index (χ0v) is 26.5. The molecule has 1 fully saturated rings. The van der Waals surface area contributed by atoms with Gasteiger partial charge in [-0.2, -0.15) is 10.1 Å². The molecule has 4 aromatic rings. The zero-order valence-electron chi connectivity index (χ0n) is 26.5. The van der Waals surface area contributed by atoms with E-state index in [9.17, 15) is 4.79 Å². The minimum atomic E-state index is -0.213. The van der Waals surface area contributed by atoms with Gasteiger partial charge in [-0.15, -0.1) is 0 Å². The molecule has 2 aromatic carbocycles. The molecule has 0 amide bonds. The van der Waals surface area contributed by atoms with E-state index in [4.69, 9.17) is 30.8 Å². The SMILES string of the molecule is COc1cc(Cc2cnc(N)nc2N)cc(C(=O)C=CN2CCc3ccccc3C2c2c(CN3CCOCC3)cnn2C)c1OC. The van der Waals surface area contributed by atoms with Gasteiger partial charge in [0.1, 0.15) is 5.82 Å². The summed E-state index contributed by atoms with van der Waals surface area (Å²) in [6, 6.07) is 12.0. The van der Waals surface area contributed by atoms with Crippen molar-refractivity contribution < 1.29 is 19.0 Å². The highest BCUT2D eigenvalue weighted by molar-refractivity contribution is 6.07. The second-order valence-corrected chi connectivity index (χ2v) is 11.5. The summed E-state index contributed by atoms with van der Waals surface area (Å²) in [5.41, 5.74) is 18.4. The first-order chi connectivity index (χ1) is 22.4. The van der Waals surface area contributed by atoms with Crippen LogP contribution in [0.15, 0.2) is 61.1 Å². The second kappa shape index (κ2) is 13.6. The molecule has 1 saturated heterocycles. The van der Waals surface area contributed by atoms with Crippen LogP contribution in [0.3, 0.4) is 0 Å². The monoisotopic (exact) mass is 624 g/mol. The lowest BCUT2D eigenvalue weighted by Gasteiger charge is -2.38. The molecule has 1 unspecified atom stereocenters. The number of fused-ring (bicyclic) bond motifs is 1. The first kappa shape index (κ1) is 31.1. The summed E-state index contributed by atoms with van der Waals surface area (Å²) in [5, 5.41) is 4.69. The molecule has 6 rings (SSSR count). The van der Waals surface area contributed by atoms with Crippen LogP contribution in [0.1, 0.15) is 49.9 Å². The van der Waals surface area contributed by atoms with Gasteiger partial charge in [-0.1, -0.05) is 24.3 Å². The highest BCUT2D eigenvalue weighted by atomic mass is 16.5. The molecule has 2 aliphatic rings. The normalized spacial score (nSPS) is 16.8. The van der Waals surface area contributed by atoms with Crippen molar-refractivity contribution in [1.82, 2.24) is 29.5 Å². The number of benzene rings is 2. The van der Waals surface area contributed by atoms with E-state index in [0.717, 1.165) is 57.1 Å². The maximum Gasteiger partial charge on any atom is 0.221 e. The molecule has 0 saturated carbocycles. The van der Waals surface area contributed by atoms with Crippen LogP contribution in [0, 0.1) is 0 Å². The van der Waals surface area contributed by atoms with Gasteiger partial charge in [-0.3, -0.25) is 14.4 Å². The van der Waals surface area contributed by atoms with Crippen molar-refractivity contribution in [3.63, 3.8) is 0 Å². The number of aromatic nitrogens is 4. The van der Waals surface area contributed by atoms with Crippen molar-refractivity contribution in [2.24, 2.45) is 7.05 Å². The third kappa shape index (κ3) is 6.40. The van der Waals surface area contributed by atoms with Crippen LogP contribution in [0.2, 0.25) is 0 Å². The Kier molecular flexibility index (Phi) is 9.18. The number of nitrogen functional groups attached to an aromatic ring is 2. The largest absolute Gasteiger partial charge is 0.493 e. The second-order valence-electron chi connectivity index (χ2n) is 11.5. The van der Waals surface area contributed by atoms with Crippen molar-refractivity contribution in [3.05, 3.63) is 100 Å². The lowest BCUT2D eigenvalue weighted by atomic mass is 9.89. The summed E-state index contributed by atoms with van der Waals surface area (Å²) >= 11 is 0. The van der Waals surface area contributed by atoms with E-state index in [-0.39, 0.29) is 23.6 Å². The van der Waals surface area contributed by atoms with Crippen molar-refractivity contribution in [3.8, 4) is 11.5 Å². The predicted octanol–water partition coefficient (Wildman–Crippen LogP) is 3.16. The molecule has 0 radical (unpaired) electrons. The minimum absolute atomic E-state index is 0.104. The van der Waals surface area contributed by atoms with Crippen molar-refractivity contribution in [2.45, 2.75) is 25.4 Å².